The molecule has 0 bridgehead atoms. The number of rotatable bonds is 8. The van der Waals surface area contributed by atoms with E-state index in [1.54, 1.807) is 13.2 Å². The molecule has 1 saturated heterocycles. The van der Waals surface area contributed by atoms with Gasteiger partial charge in [0.1, 0.15) is 5.69 Å². The van der Waals surface area contributed by atoms with E-state index in [-0.39, 0.29) is 17.9 Å². The van der Waals surface area contributed by atoms with Gasteiger partial charge in [-0.15, -0.1) is 0 Å². The molecule has 9 nitrogen and oxygen atoms in total. The van der Waals surface area contributed by atoms with Gasteiger partial charge in [-0.2, -0.15) is 13.2 Å². The van der Waals surface area contributed by atoms with Gasteiger partial charge in [0.05, 0.1) is 12.6 Å². The number of amides is 1. The topological polar surface area (TPSA) is 130 Å². The SMILES string of the molecule is COCCCOC(=O)c1cc2cc(NC(=O)[C@H]3NCC[C@H]3C3CCCCC3)ccc2[nH]1.O=C(O)C(F)(F)F. The van der Waals surface area contributed by atoms with Gasteiger partial charge in [-0.25, -0.2) is 9.59 Å². The van der Waals surface area contributed by atoms with Gasteiger partial charge in [-0.1, -0.05) is 32.1 Å². The number of hydrogen-bond donors (Lipinski definition) is 4. The first-order chi connectivity index (χ1) is 18.1. The van der Waals surface area contributed by atoms with E-state index in [1.165, 1.54) is 32.1 Å². The highest BCUT2D eigenvalue weighted by molar-refractivity contribution is 5.99. The number of carboxylic acid groups (broad SMARTS) is 1. The number of methoxy groups -OCH3 is 1. The van der Waals surface area contributed by atoms with Crippen LogP contribution in [0.3, 0.4) is 0 Å². The lowest BCUT2D eigenvalue weighted by atomic mass is 9.76. The fourth-order valence-electron chi connectivity index (χ4n) is 5.07. The van der Waals surface area contributed by atoms with Crippen LogP contribution in [0.5, 0.6) is 0 Å². The normalized spacial score (nSPS) is 20.0. The maximum absolute atomic E-state index is 13.0. The zero-order valence-electron chi connectivity index (χ0n) is 21.2. The van der Waals surface area contributed by atoms with Crippen LogP contribution in [0.25, 0.3) is 10.9 Å². The van der Waals surface area contributed by atoms with E-state index in [0.29, 0.717) is 37.2 Å². The number of carboxylic acids is 1. The van der Waals surface area contributed by atoms with E-state index >= 15 is 0 Å². The number of aromatic nitrogens is 1. The van der Waals surface area contributed by atoms with Crippen LogP contribution in [0.1, 0.15) is 55.4 Å². The second-order valence-electron chi connectivity index (χ2n) is 9.54. The summed E-state index contributed by atoms with van der Waals surface area (Å²) in [6, 6.07) is 7.29. The number of aliphatic carboxylic acids is 1. The first kappa shape index (κ1) is 29.4. The molecular weight excluding hydrogens is 507 g/mol. The number of hydrogen-bond acceptors (Lipinski definition) is 6. The Bertz CT molecular complexity index is 1100. The van der Waals surface area contributed by atoms with Crippen molar-refractivity contribution in [3.05, 3.63) is 30.0 Å². The van der Waals surface area contributed by atoms with Crippen molar-refractivity contribution in [2.24, 2.45) is 11.8 Å². The number of aromatic amines is 1. The fraction of sp³-hybridized carbons (Fsp3) is 0.577. The molecule has 210 valence electrons. The minimum Gasteiger partial charge on any atom is -0.475 e. The first-order valence-corrected chi connectivity index (χ1v) is 12.7. The average Bonchev–Trinajstić information content (AvgIpc) is 3.54. The molecule has 4 rings (SSSR count). The fourth-order valence-corrected chi connectivity index (χ4v) is 5.07. The number of halogens is 3. The van der Waals surface area contributed by atoms with Gasteiger partial charge in [0, 0.05) is 36.7 Å². The van der Waals surface area contributed by atoms with Crippen molar-refractivity contribution in [3.63, 3.8) is 0 Å². The molecule has 2 atom stereocenters. The number of carbonyl (C=O) groups is 3. The molecule has 1 amide bonds. The van der Waals surface area contributed by atoms with Gasteiger partial charge in [0.15, 0.2) is 0 Å². The zero-order chi connectivity index (χ0) is 27.7. The highest BCUT2D eigenvalue weighted by Crippen LogP contribution is 2.36. The molecule has 1 aromatic carbocycles. The molecule has 2 aliphatic rings. The second-order valence-corrected chi connectivity index (χ2v) is 9.54. The van der Waals surface area contributed by atoms with Gasteiger partial charge in [0.25, 0.3) is 0 Å². The third kappa shape index (κ3) is 8.19. The molecule has 1 saturated carbocycles. The number of H-pyrrole nitrogens is 1. The summed E-state index contributed by atoms with van der Waals surface area (Å²) in [5.74, 6) is -2.02. The van der Waals surface area contributed by atoms with Crippen LogP contribution in [-0.4, -0.2) is 67.0 Å². The van der Waals surface area contributed by atoms with E-state index < -0.39 is 12.1 Å². The van der Waals surface area contributed by atoms with E-state index in [1.807, 2.05) is 18.2 Å². The third-order valence-electron chi connectivity index (χ3n) is 6.88. The molecule has 38 heavy (non-hydrogen) atoms. The van der Waals surface area contributed by atoms with Crippen LogP contribution in [0.2, 0.25) is 0 Å². The van der Waals surface area contributed by atoms with E-state index in [2.05, 4.69) is 15.6 Å². The standard InChI is InChI=1S/C24H33N3O4.C2HF3O2/c1-30-12-5-13-31-24(29)21-15-17-14-18(8-9-20(17)27-21)26-23(28)22-19(10-11-25-22)16-6-3-2-4-7-16;3-2(4,5)1(6)7/h8-9,14-16,19,22,25,27H,2-7,10-13H2,1H3,(H,26,28);(H,6,7)/t19-,22-;/m0./s1. The van der Waals surface area contributed by atoms with Gasteiger partial charge in [0.2, 0.25) is 5.91 Å². The molecular formula is C26H34F3N3O6. The Hall–Kier alpha value is -3.12. The van der Waals surface area contributed by atoms with Gasteiger partial charge in [-0.05, 0) is 49.1 Å². The Morgan fingerprint density at radius 1 is 1.08 bits per heavy atom. The first-order valence-electron chi connectivity index (χ1n) is 12.7. The quantitative estimate of drug-likeness (QED) is 0.286. The maximum Gasteiger partial charge on any atom is 0.490 e. The number of fused-ring (bicyclic) bond motifs is 1. The van der Waals surface area contributed by atoms with Gasteiger partial charge in [-0.3, -0.25) is 4.79 Å². The van der Waals surface area contributed by atoms with Gasteiger partial charge < -0.3 is 30.2 Å². The third-order valence-corrected chi connectivity index (χ3v) is 6.88. The van der Waals surface area contributed by atoms with Crippen molar-refractivity contribution in [1.29, 1.82) is 0 Å². The monoisotopic (exact) mass is 541 g/mol. The minimum absolute atomic E-state index is 0.0423. The summed E-state index contributed by atoms with van der Waals surface area (Å²) in [5.41, 5.74) is 1.99. The molecule has 1 aliphatic heterocycles. The summed E-state index contributed by atoms with van der Waals surface area (Å²) in [5, 5.41) is 14.5. The van der Waals surface area contributed by atoms with Crippen molar-refractivity contribution in [2.75, 3.05) is 32.2 Å². The van der Waals surface area contributed by atoms with Crippen LogP contribution in [0.4, 0.5) is 18.9 Å². The summed E-state index contributed by atoms with van der Waals surface area (Å²) in [4.78, 5) is 37.2. The Morgan fingerprint density at radius 3 is 2.45 bits per heavy atom. The number of carbonyl (C=O) groups excluding carboxylic acids is 2. The van der Waals surface area contributed by atoms with Gasteiger partial charge >= 0.3 is 18.1 Å². The zero-order valence-corrected chi connectivity index (χ0v) is 21.2. The molecule has 4 N–H and O–H groups in total. The minimum atomic E-state index is -5.08. The molecule has 1 aliphatic carbocycles. The molecule has 2 fully saturated rings. The number of ether oxygens (including phenoxy) is 2. The molecule has 0 radical (unpaired) electrons. The second kappa shape index (κ2) is 13.6. The smallest absolute Gasteiger partial charge is 0.475 e. The summed E-state index contributed by atoms with van der Waals surface area (Å²) < 4.78 is 42.0. The molecule has 0 spiro atoms. The number of anilines is 1. The number of nitrogens with one attached hydrogen (secondary N) is 3. The Labute approximate surface area is 218 Å². The van der Waals surface area contributed by atoms with Crippen LogP contribution in [0.15, 0.2) is 24.3 Å². The van der Waals surface area contributed by atoms with Crippen molar-refractivity contribution in [3.8, 4) is 0 Å². The van der Waals surface area contributed by atoms with Crippen LogP contribution < -0.4 is 10.6 Å². The number of alkyl halides is 3. The van der Waals surface area contributed by atoms with E-state index in [0.717, 1.165) is 29.6 Å². The number of esters is 1. The largest absolute Gasteiger partial charge is 0.490 e. The lowest BCUT2D eigenvalue weighted by Gasteiger charge is -2.30. The summed E-state index contributed by atoms with van der Waals surface area (Å²) >= 11 is 0. The van der Waals surface area contributed by atoms with Crippen molar-refractivity contribution >= 4 is 34.4 Å². The van der Waals surface area contributed by atoms with E-state index in [4.69, 9.17) is 19.4 Å². The van der Waals surface area contributed by atoms with E-state index in [9.17, 15) is 22.8 Å². The molecule has 1 aromatic heterocycles. The Morgan fingerprint density at radius 2 is 1.79 bits per heavy atom. The molecule has 2 heterocycles. The summed E-state index contributed by atoms with van der Waals surface area (Å²) in [7, 11) is 1.62. The summed E-state index contributed by atoms with van der Waals surface area (Å²) in [6.07, 6.45) is 3.05. The maximum atomic E-state index is 13.0. The molecule has 0 unspecified atom stereocenters. The average molecular weight is 542 g/mol. The van der Waals surface area contributed by atoms with Crippen molar-refractivity contribution in [1.82, 2.24) is 10.3 Å². The predicted octanol–water partition coefficient (Wildman–Crippen LogP) is 4.49. The van der Waals surface area contributed by atoms with Crippen LogP contribution in [0, 0.1) is 11.8 Å². The summed E-state index contributed by atoms with van der Waals surface area (Å²) in [6.45, 7) is 1.78. The molecule has 2 aromatic rings. The van der Waals surface area contributed by atoms with Crippen LogP contribution in [-0.2, 0) is 19.1 Å². The molecule has 12 heteroatoms. The predicted molar refractivity (Wildman–Crippen MR) is 134 cm³/mol. The van der Waals surface area contributed by atoms with Crippen molar-refractivity contribution < 1.29 is 42.1 Å². The lowest BCUT2D eigenvalue weighted by Crippen LogP contribution is -2.42. The number of benzene rings is 1. The van der Waals surface area contributed by atoms with Crippen molar-refractivity contribution in [2.45, 2.75) is 57.2 Å². The van der Waals surface area contributed by atoms with Crippen LogP contribution >= 0.6 is 0 Å². The highest BCUT2D eigenvalue weighted by Gasteiger charge is 2.39. The Balaban J connectivity index is 0.000000505. The highest BCUT2D eigenvalue weighted by atomic mass is 19.4. The lowest BCUT2D eigenvalue weighted by molar-refractivity contribution is -0.192. The Kier molecular flexibility index (Phi) is 10.5.